The number of carbonyl (C=O) groups excluding carboxylic acids is 1. The molecule has 3 heterocycles. The number of aromatic hydroxyl groups is 1. The molecular formula is C27H31N5O4. The van der Waals surface area contributed by atoms with Gasteiger partial charge in [-0.2, -0.15) is 0 Å². The van der Waals surface area contributed by atoms with Crippen LogP contribution in [-0.2, 0) is 11.3 Å². The molecule has 0 spiro atoms. The van der Waals surface area contributed by atoms with Gasteiger partial charge in [0.05, 0.1) is 0 Å². The van der Waals surface area contributed by atoms with E-state index in [9.17, 15) is 9.90 Å². The number of aromatic nitrogens is 1. The number of aliphatic imine (C=N–C) groups is 1. The number of carbonyl (C=O) groups is 1. The van der Waals surface area contributed by atoms with Crippen molar-refractivity contribution in [2.45, 2.75) is 13.5 Å². The number of esters is 1. The van der Waals surface area contributed by atoms with Gasteiger partial charge in [0.25, 0.3) is 0 Å². The molecule has 0 unspecified atom stereocenters. The number of rotatable bonds is 9. The predicted molar refractivity (Wildman–Crippen MR) is 141 cm³/mol. The highest BCUT2D eigenvalue weighted by molar-refractivity contribution is 6.21. The molecule has 2 N–H and O–H groups in total. The molecule has 0 saturated carbocycles. The van der Waals surface area contributed by atoms with E-state index >= 15 is 0 Å². The Kier molecular flexibility index (Phi) is 7.52. The zero-order valence-electron chi connectivity index (χ0n) is 21.2. The first kappa shape index (κ1) is 25.2. The van der Waals surface area contributed by atoms with Crippen molar-refractivity contribution in [3.05, 3.63) is 64.5 Å². The summed E-state index contributed by atoms with van der Waals surface area (Å²) in [5.41, 5.74) is 4.35. The summed E-state index contributed by atoms with van der Waals surface area (Å²) in [6, 6.07) is 9.71. The van der Waals surface area contributed by atoms with Crippen molar-refractivity contribution in [2.75, 3.05) is 46.7 Å². The number of allylic oxidation sites excluding steroid dienone is 1. The van der Waals surface area contributed by atoms with Gasteiger partial charge in [-0.1, -0.05) is 12.1 Å². The fourth-order valence-electron chi connectivity index (χ4n) is 3.84. The minimum Gasteiger partial charge on any atom is -0.504 e. The zero-order chi connectivity index (χ0) is 25.8. The highest BCUT2D eigenvalue weighted by Crippen LogP contribution is 2.39. The smallest absolute Gasteiger partial charge is 0.347 e. The predicted octanol–water partition coefficient (Wildman–Crippen LogP) is 4.47. The zero-order valence-corrected chi connectivity index (χ0v) is 21.2. The van der Waals surface area contributed by atoms with Crippen LogP contribution in [-0.4, -0.2) is 73.4 Å². The molecule has 0 bridgehead atoms. The van der Waals surface area contributed by atoms with Gasteiger partial charge in [-0.3, -0.25) is 0 Å². The second-order valence-corrected chi connectivity index (χ2v) is 9.20. The average Bonchev–Trinajstić information content (AvgIpc) is 3.36. The highest BCUT2D eigenvalue weighted by Gasteiger charge is 2.28. The van der Waals surface area contributed by atoms with E-state index in [1.807, 2.05) is 64.3 Å². The largest absolute Gasteiger partial charge is 0.504 e. The van der Waals surface area contributed by atoms with Crippen molar-refractivity contribution >= 4 is 41.2 Å². The number of aryl methyl sites for hydroxylation is 1. The number of hydrogen-bond donors (Lipinski definition) is 2. The Balaban J connectivity index is 1.69. The van der Waals surface area contributed by atoms with Crippen LogP contribution >= 0.6 is 0 Å². The van der Waals surface area contributed by atoms with Crippen LogP contribution in [0.25, 0.3) is 11.6 Å². The molecule has 0 amide bonds. The van der Waals surface area contributed by atoms with Crippen LogP contribution in [0.5, 0.6) is 5.75 Å². The molecule has 0 fully saturated rings. The number of nitrogens with one attached hydrogen (secondary N) is 1. The summed E-state index contributed by atoms with van der Waals surface area (Å²) in [6.07, 6.45) is 4.95. The maximum atomic E-state index is 13.0. The Morgan fingerprint density at radius 1 is 1.19 bits per heavy atom. The molecule has 3 aromatic rings. The number of benzene rings is 1. The van der Waals surface area contributed by atoms with Gasteiger partial charge in [0.15, 0.2) is 22.9 Å². The lowest BCUT2D eigenvalue weighted by Gasteiger charge is -2.14. The van der Waals surface area contributed by atoms with Crippen LogP contribution in [0.2, 0.25) is 0 Å². The second-order valence-electron chi connectivity index (χ2n) is 9.20. The molecule has 9 nitrogen and oxygen atoms in total. The Bertz CT molecular complexity index is 1320. The van der Waals surface area contributed by atoms with E-state index in [1.54, 1.807) is 18.5 Å². The summed E-state index contributed by atoms with van der Waals surface area (Å²) < 4.78 is 11.4. The van der Waals surface area contributed by atoms with Crippen molar-refractivity contribution in [3.63, 3.8) is 0 Å². The number of likely N-dealkylation sites (N-methyl/N-ethyl adjacent to an activating group) is 1. The van der Waals surface area contributed by atoms with Crippen molar-refractivity contribution in [1.29, 1.82) is 0 Å². The van der Waals surface area contributed by atoms with E-state index in [-0.39, 0.29) is 29.6 Å². The van der Waals surface area contributed by atoms with Crippen molar-refractivity contribution in [2.24, 2.45) is 4.99 Å². The topological polar surface area (TPSA) is 103 Å². The van der Waals surface area contributed by atoms with E-state index < -0.39 is 5.97 Å². The van der Waals surface area contributed by atoms with Crippen molar-refractivity contribution in [3.8, 4) is 5.75 Å². The van der Waals surface area contributed by atoms with E-state index in [1.165, 1.54) is 0 Å². The van der Waals surface area contributed by atoms with Gasteiger partial charge < -0.3 is 29.4 Å². The molecule has 0 aliphatic carbocycles. The Labute approximate surface area is 210 Å². The molecule has 188 valence electrons. The first-order valence-corrected chi connectivity index (χ1v) is 11.6. The third-order valence-electron chi connectivity index (χ3n) is 5.63. The molecule has 0 radical (unpaired) electrons. The number of hydrogen-bond acceptors (Lipinski definition) is 9. The maximum Gasteiger partial charge on any atom is 0.347 e. The Morgan fingerprint density at radius 3 is 2.72 bits per heavy atom. The molecule has 0 saturated heterocycles. The molecular weight excluding hydrogens is 458 g/mol. The first-order chi connectivity index (χ1) is 17.2. The fraction of sp³-hybridized carbons (Fsp3) is 0.296. The third-order valence-corrected chi connectivity index (χ3v) is 5.63. The van der Waals surface area contributed by atoms with Gasteiger partial charge in [-0.05, 0) is 70.5 Å². The molecule has 1 aliphatic rings. The van der Waals surface area contributed by atoms with Gasteiger partial charge >= 0.3 is 5.97 Å². The number of anilines is 2. The normalized spacial score (nSPS) is 13.6. The van der Waals surface area contributed by atoms with Crippen LogP contribution in [0.4, 0.5) is 17.4 Å². The lowest BCUT2D eigenvalue weighted by Crippen LogP contribution is -2.20. The third kappa shape index (κ3) is 5.64. The molecule has 1 aromatic carbocycles. The van der Waals surface area contributed by atoms with Crippen LogP contribution in [0.1, 0.15) is 32.8 Å². The lowest BCUT2D eigenvalue weighted by atomic mass is 10.1. The highest BCUT2D eigenvalue weighted by atomic mass is 16.5. The molecule has 9 heteroatoms. The summed E-state index contributed by atoms with van der Waals surface area (Å²) in [7, 11) is 7.81. The van der Waals surface area contributed by atoms with E-state index in [2.05, 4.69) is 26.3 Å². The van der Waals surface area contributed by atoms with Crippen molar-refractivity contribution < 1.29 is 19.1 Å². The molecule has 4 rings (SSSR count). The van der Waals surface area contributed by atoms with Gasteiger partial charge in [-0.15, -0.1) is 0 Å². The quantitative estimate of drug-likeness (QED) is 0.425. The van der Waals surface area contributed by atoms with E-state index in [0.29, 0.717) is 17.9 Å². The minimum atomic E-state index is -0.672. The van der Waals surface area contributed by atoms with Gasteiger partial charge in [0, 0.05) is 42.3 Å². The van der Waals surface area contributed by atoms with Crippen LogP contribution in [0.3, 0.4) is 0 Å². The Hall–Kier alpha value is -3.95. The summed E-state index contributed by atoms with van der Waals surface area (Å²) >= 11 is 0. The molecule has 0 atom stereocenters. The molecule has 1 aliphatic heterocycles. The summed E-state index contributed by atoms with van der Waals surface area (Å²) in [5.74, 6) is -0.150. The maximum absolute atomic E-state index is 13.0. The van der Waals surface area contributed by atoms with Gasteiger partial charge in [0.2, 0.25) is 5.88 Å². The molecule has 2 aromatic heterocycles. The van der Waals surface area contributed by atoms with Gasteiger partial charge in [-0.25, -0.2) is 14.8 Å². The second kappa shape index (κ2) is 10.8. The number of nitrogens with zero attached hydrogens (tertiary/aromatic N) is 4. The summed E-state index contributed by atoms with van der Waals surface area (Å²) in [4.78, 5) is 25.5. The number of fused-ring (bicyclic) bond motifs is 1. The van der Waals surface area contributed by atoms with Crippen LogP contribution in [0.15, 0.2) is 45.9 Å². The minimum absolute atomic E-state index is 0.0567. The fourth-order valence-corrected chi connectivity index (χ4v) is 3.84. The SMILES string of the molecule is Cc1cc(CN(C)C)ccc1Nc1oc(C=C2C=Nc3ncccc32)c(O)c1C(=O)OCCN(C)C. The number of pyridine rings is 1. The first-order valence-electron chi connectivity index (χ1n) is 11.6. The van der Waals surface area contributed by atoms with E-state index in [0.717, 1.165) is 28.9 Å². The monoisotopic (exact) mass is 489 g/mol. The van der Waals surface area contributed by atoms with Crippen LogP contribution < -0.4 is 5.32 Å². The number of furan rings is 1. The lowest BCUT2D eigenvalue weighted by molar-refractivity contribution is 0.0479. The van der Waals surface area contributed by atoms with Gasteiger partial charge in [0.1, 0.15) is 6.61 Å². The van der Waals surface area contributed by atoms with Crippen LogP contribution in [0, 0.1) is 6.92 Å². The summed E-state index contributed by atoms with van der Waals surface area (Å²) in [6.45, 7) is 3.51. The average molecular weight is 490 g/mol. The summed E-state index contributed by atoms with van der Waals surface area (Å²) in [5, 5.41) is 14.2. The molecule has 36 heavy (non-hydrogen) atoms. The standard InChI is InChI=1S/C27H31N5O4/c1-17-13-18(16-32(4)5)8-9-21(17)30-26-23(27(34)35-12-11-31(2)3)24(33)22(36-26)14-19-15-29-25-20(19)7-6-10-28-25/h6-10,13-15,30,33H,11-12,16H2,1-5H3. The van der Waals surface area contributed by atoms with E-state index in [4.69, 9.17) is 9.15 Å². The van der Waals surface area contributed by atoms with Crippen molar-refractivity contribution in [1.82, 2.24) is 14.8 Å². The Morgan fingerprint density at radius 2 is 2.00 bits per heavy atom. The number of ether oxygens (including phenoxy) is 1.